The Morgan fingerprint density at radius 3 is 1.67 bits per heavy atom. The molecule has 12 heavy (non-hydrogen) atoms. The molecule has 0 aliphatic heterocycles. The van der Waals surface area contributed by atoms with Crippen LogP contribution in [0.1, 0.15) is 35.6 Å². The number of nitrogens with zero attached hydrogens (tertiary/aromatic N) is 1. The molecule has 0 saturated heterocycles. The Balaban J connectivity index is -0.000000107. The fourth-order valence-electron chi connectivity index (χ4n) is 0.470. The predicted molar refractivity (Wildman–Crippen MR) is 53.3 cm³/mol. The molecule has 0 saturated carbocycles. The van der Waals surface area contributed by atoms with E-state index in [1.165, 1.54) is 0 Å². The second-order valence-corrected chi connectivity index (χ2v) is 2.76. The first-order valence-electron chi connectivity index (χ1n) is 3.18. The van der Waals surface area contributed by atoms with E-state index in [-0.39, 0.29) is 59.2 Å². The summed E-state index contributed by atoms with van der Waals surface area (Å²) in [7, 11) is 3.52. The fourth-order valence-corrected chi connectivity index (χ4v) is 0.470. The average Bonchev–Trinajstić information content (AvgIpc) is 1.86. The molecule has 0 N–H and O–H groups in total. The molecule has 0 aromatic rings. The SMILES string of the molecule is C.C.C[N-]C(C)(C)C(C)OC.[Y]. The van der Waals surface area contributed by atoms with Gasteiger partial charge in [0.15, 0.2) is 0 Å². The van der Waals surface area contributed by atoms with Gasteiger partial charge in [0.05, 0.1) is 0 Å². The number of rotatable bonds is 3. The molecule has 0 amide bonds. The van der Waals surface area contributed by atoms with Crippen LogP contribution in [0.4, 0.5) is 0 Å². The summed E-state index contributed by atoms with van der Waals surface area (Å²) in [6.07, 6.45) is 0.197. The van der Waals surface area contributed by atoms with Gasteiger partial charge in [-0.05, 0) is 6.92 Å². The average molecular weight is 251 g/mol. The van der Waals surface area contributed by atoms with Crippen LogP contribution >= 0.6 is 0 Å². The summed E-state index contributed by atoms with van der Waals surface area (Å²) < 4.78 is 5.11. The van der Waals surface area contributed by atoms with Crippen LogP contribution in [0.3, 0.4) is 0 Å². The van der Waals surface area contributed by atoms with Crippen molar-refractivity contribution in [2.45, 2.75) is 47.3 Å². The molecule has 0 aliphatic rings. The van der Waals surface area contributed by atoms with Gasteiger partial charge in [0, 0.05) is 45.9 Å². The Labute approximate surface area is 104 Å². The van der Waals surface area contributed by atoms with Gasteiger partial charge in [0.25, 0.3) is 0 Å². The van der Waals surface area contributed by atoms with Crippen LogP contribution in [0.25, 0.3) is 5.32 Å². The summed E-state index contributed by atoms with van der Waals surface area (Å²) in [6, 6.07) is 0. The third-order valence-electron chi connectivity index (χ3n) is 1.92. The zero-order chi connectivity index (χ0) is 7.49. The van der Waals surface area contributed by atoms with E-state index in [0.717, 1.165) is 0 Å². The summed E-state index contributed by atoms with van der Waals surface area (Å²) in [6.45, 7) is 6.13. The molecule has 75 valence electrons. The standard InChI is InChI=1S/C7H16NO.2CH4.Y/c1-6(9-5)7(2,3)8-4;;;/h6H,1-5H3;2*1H4;/q-1;;;. The minimum Gasteiger partial charge on any atom is -0.658 e. The zero-order valence-electron chi connectivity index (χ0n) is 7.51. The maximum atomic E-state index is 5.11. The van der Waals surface area contributed by atoms with Gasteiger partial charge in [0.2, 0.25) is 0 Å². The van der Waals surface area contributed by atoms with Crippen LogP contribution in [0.5, 0.6) is 0 Å². The maximum Gasteiger partial charge on any atom is 0.0406 e. The van der Waals surface area contributed by atoms with Crippen molar-refractivity contribution < 1.29 is 37.4 Å². The van der Waals surface area contributed by atoms with Crippen LogP contribution in [-0.4, -0.2) is 25.8 Å². The van der Waals surface area contributed by atoms with Crippen molar-refractivity contribution in [1.82, 2.24) is 0 Å². The van der Waals surface area contributed by atoms with Crippen LogP contribution in [-0.2, 0) is 37.4 Å². The molecule has 0 rings (SSSR count). The van der Waals surface area contributed by atoms with E-state index in [9.17, 15) is 0 Å². The number of hydrogen-bond acceptors (Lipinski definition) is 1. The van der Waals surface area contributed by atoms with Crippen LogP contribution in [0.15, 0.2) is 0 Å². The summed E-state index contributed by atoms with van der Waals surface area (Å²) in [5.41, 5.74) is -0.0469. The molecular weight excluding hydrogens is 227 g/mol. The third-order valence-corrected chi connectivity index (χ3v) is 1.92. The molecule has 0 heterocycles. The van der Waals surface area contributed by atoms with Crippen LogP contribution < -0.4 is 0 Å². The molecule has 0 bridgehead atoms. The van der Waals surface area contributed by atoms with E-state index in [0.29, 0.717) is 0 Å². The topological polar surface area (TPSA) is 23.3 Å². The summed E-state index contributed by atoms with van der Waals surface area (Å²) >= 11 is 0. The number of hydrogen-bond donors (Lipinski definition) is 0. The minimum atomic E-state index is -0.0469. The largest absolute Gasteiger partial charge is 0.658 e. The van der Waals surface area contributed by atoms with Crippen molar-refractivity contribution in [3.05, 3.63) is 5.32 Å². The first-order chi connectivity index (χ1) is 4.04. The van der Waals surface area contributed by atoms with Crippen molar-refractivity contribution >= 4 is 0 Å². The molecule has 0 fully saturated rings. The number of ether oxygens (including phenoxy) is 1. The van der Waals surface area contributed by atoms with Gasteiger partial charge in [-0.3, -0.25) is 0 Å². The Morgan fingerprint density at radius 2 is 1.58 bits per heavy atom. The molecule has 0 aromatic carbocycles. The van der Waals surface area contributed by atoms with Crippen LogP contribution in [0, 0.1) is 0 Å². The van der Waals surface area contributed by atoms with Crippen molar-refractivity contribution in [3.63, 3.8) is 0 Å². The van der Waals surface area contributed by atoms with Gasteiger partial charge in [-0.2, -0.15) is 7.05 Å². The normalized spacial score (nSPS) is 11.8. The van der Waals surface area contributed by atoms with Gasteiger partial charge in [-0.1, -0.05) is 28.7 Å². The zero-order valence-corrected chi connectivity index (χ0v) is 10.3. The molecule has 1 radical (unpaired) electrons. The first kappa shape index (κ1) is 23.1. The second-order valence-electron chi connectivity index (χ2n) is 2.76. The molecule has 1 unspecified atom stereocenters. The van der Waals surface area contributed by atoms with Crippen molar-refractivity contribution in [1.29, 1.82) is 0 Å². The molecule has 1 atom stereocenters. The molecule has 0 aliphatic carbocycles. The number of likely N-dealkylation sites (N-methyl/N-ethyl adjacent to an activating group) is 1. The summed E-state index contributed by atoms with van der Waals surface area (Å²) in [5, 5.41) is 4.17. The minimum absolute atomic E-state index is 0. The molecule has 0 aromatic heterocycles. The fraction of sp³-hybridized carbons (Fsp3) is 1.00. The Hall–Kier alpha value is 1.02. The van der Waals surface area contributed by atoms with Gasteiger partial charge < -0.3 is 10.1 Å². The maximum absolute atomic E-state index is 5.11. The third kappa shape index (κ3) is 7.66. The first-order valence-corrected chi connectivity index (χ1v) is 3.18. The molecular formula is C9H24NOY-. The molecule has 2 nitrogen and oxygen atoms in total. The monoisotopic (exact) mass is 251 g/mol. The van der Waals surface area contributed by atoms with Gasteiger partial charge in [-0.25, -0.2) is 0 Å². The Bertz CT molecular complexity index is 86.6. The van der Waals surface area contributed by atoms with E-state index in [1.54, 1.807) is 7.11 Å². The summed E-state index contributed by atoms with van der Waals surface area (Å²) in [4.78, 5) is 0. The Kier molecular flexibility index (Phi) is 19.5. The van der Waals surface area contributed by atoms with E-state index in [2.05, 4.69) is 19.2 Å². The van der Waals surface area contributed by atoms with Gasteiger partial charge in [-0.15, -0.1) is 5.54 Å². The van der Waals surface area contributed by atoms with E-state index in [4.69, 9.17) is 4.74 Å². The molecule has 0 spiro atoms. The van der Waals surface area contributed by atoms with E-state index < -0.39 is 0 Å². The second kappa shape index (κ2) is 10.1. The Morgan fingerprint density at radius 1 is 1.25 bits per heavy atom. The van der Waals surface area contributed by atoms with Crippen molar-refractivity contribution in [2.24, 2.45) is 0 Å². The van der Waals surface area contributed by atoms with Crippen molar-refractivity contribution in [2.75, 3.05) is 14.2 Å². The van der Waals surface area contributed by atoms with E-state index in [1.807, 2.05) is 14.0 Å². The number of methoxy groups -OCH3 is 1. The smallest absolute Gasteiger partial charge is 0.0406 e. The quantitative estimate of drug-likeness (QED) is 0.756. The van der Waals surface area contributed by atoms with Crippen LogP contribution in [0.2, 0.25) is 0 Å². The van der Waals surface area contributed by atoms with Gasteiger partial charge >= 0.3 is 0 Å². The van der Waals surface area contributed by atoms with Crippen molar-refractivity contribution in [3.8, 4) is 0 Å². The summed E-state index contributed by atoms with van der Waals surface area (Å²) in [5.74, 6) is 0. The molecule has 3 heteroatoms. The van der Waals surface area contributed by atoms with E-state index >= 15 is 0 Å². The van der Waals surface area contributed by atoms with Gasteiger partial charge in [0.1, 0.15) is 0 Å². The predicted octanol–water partition coefficient (Wildman–Crippen LogP) is 3.07.